The molecule has 10 heteroatoms. The normalized spacial score (nSPS) is 12.1. The zero-order valence-electron chi connectivity index (χ0n) is 14.2. The predicted molar refractivity (Wildman–Crippen MR) is 93.6 cm³/mol. The average molecular weight is 434 g/mol. The Morgan fingerprint density at radius 3 is 1.90 bits per heavy atom. The summed E-state index contributed by atoms with van der Waals surface area (Å²) in [7, 11) is 0. The highest BCUT2D eigenvalue weighted by Gasteiger charge is 2.37. The van der Waals surface area contributed by atoms with Gasteiger partial charge >= 0.3 is 12.4 Å². The molecule has 0 spiro atoms. The fourth-order valence-corrected chi connectivity index (χ4v) is 2.57. The molecule has 0 bridgehead atoms. The van der Waals surface area contributed by atoms with Gasteiger partial charge in [0.25, 0.3) is 5.91 Å². The number of hydrogen-bond donors (Lipinski definition) is 1. The summed E-state index contributed by atoms with van der Waals surface area (Å²) in [5.41, 5.74) is -3.17. The van der Waals surface area contributed by atoms with Crippen molar-refractivity contribution in [2.24, 2.45) is 0 Å². The third kappa shape index (κ3) is 4.92. The van der Waals surface area contributed by atoms with Crippen LogP contribution in [0, 0.1) is 0 Å². The Labute approximate surface area is 164 Å². The molecule has 0 fully saturated rings. The van der Waals surface area contributed by atoms with Gasteiger partial charge in [-0.2, -0.15) is 26.3 Å². The Bertz CT molecular complexity index is 1010. The van der Waals surface area contributed by atoms with Gasteiger partial charge in [-0.25, -0.2) is 0 Å². The van der Waals surface area contributed by atoms with Crippen LogP contribution in [0.4, 0.5) is 32.0 Å². The summed E-state index contributed by atoms with van der Waals surface area (Å²) in [5, 5.41) is 2.48. The van der Waals surface area contributed by atoms with Crippen LogP contribution in [-0.2, 0) is 12.4 Å². The Hall–Kier alpha value is -2.94. The van der Waals surface area contributed by atoms with E-state index in [4.69, 9.17) is 16.0 Å². The molecule has 0 saturated carbocycles. The van der Waals surface area contributed by atoms with Crippen molar-refractivity contribution in [1.29, 1.82) is 0 Å². The van der Waals surface area contributed by atoms with Gasteiger partial charge in [-0.15, -0.1) is 0 Å². The van der Waals surface area contributed by atoms with Gasteiger partial charge in [-0.05, 0) is 54.6 Å². The van der Waals surface area contributed by atoms with E-state index < -0.39 is 35.1 Å². The lowest BCUT2D eigenvalue weighted by Gasteiger charge is -2.14. The molecule has 0 aliphatic carbocycles. The Kier molecular flexibility index (Phi) is 5.36. The van der Waals surface area contributed by atoms with Crippen molar-refractivity contribution in [3.05, 3.63) is 76.5 Å². The van der Waals surface area contributed by atoms with Gasteiger partial charge in [0.2, 0.25) is 0 Å². The average Bonchev–Trinajstić information content (AvgIpc) is 3.11. The van der Waals surface area contributed by atoms with Crippen LogP contribution >= 0.6 is 11.6 Å². The van der Waals surface area contributed by atoms with E-state index >= 15 is 0 Å². The van der Waals surface area contributed by atoms with E-state index in [0.717, 1.165) is 0 Å². The summed E-state index contributed by atoms with van der Waals surface area (Å²) >= 11 is 5.78. The summed E-state index contributed by atoms with van der Waals surface area (Å²) in [6, 6.07) is 9.88. The maximum absolute atomic E-state index is 12.9. The number of anilines is 1. The number of benzene rings is 2. The quantitative estimate of drug-likeness (QED) is 0.457. The second kappa shape index (κ2) is 7.47. The first-order valence-electron chi connectivity index (χ1n) is 7.90. The molecule has 0 saturated heterocycles. The van der Waals surface area contributed by atoms with E-state index in [1.165, 1.54) is 12.1 Å². The Balaban J connectivity index is 1.88. The molecule has 1 heterocycles. The molecule has 1 amide bonds. The van der Waals surface area contributed by atoms with Crippen molar-refractivity contribution in [3.8, 4) is 11.3 Å². The van der Waals surface area contributed by atoms with E-state index in [-0.39, 0.29) is 17.6 Å². The van der Waals surface area contributed by atoms with Gasteiger partial charge in [0, 0.05) is 16.3 Å². The summed E-state index contributed by atoms with van der Waals surface area (Å²) in [4.78, 5) is 12.2. The standard InChI is InChI=1S/C19H10ClF6NO2/c20-13-3-1-10(2-4-13)15-5-6-16(29-15)17(28)27-14-8-11(18(21,22)23)7-12(9-14)19(24,25)26/h1-9H,(H,27,28). The van der Waals surface area contributed by atoms with Crippen molar-refractivity contribution >= 4 is 23.2 Å². The van der Waals surface area contributed by atoms with Crippen LogP contribution in [0.2, 0.25) is 5.02 Å². The molecule has 3 nitrogen and oxygen atoms in total. The van der Waals surface area contributed by atoms with Crippen molar-refractivity contribution in [1.82, 2.24) is 0 Å². The topological polar surface area (TPSA) is 42.2 Å². The molecule has 0 aliphatic heterocycles. The van der Waals surface area contributed by atoms with E-state index in [9.17, 15) is 31.1 Å². The van der Waals surface area contributed by atoms with Gasteiger partial charge in [-0.3, -0.25) is 4.79 Å². The van der Waals surface area contributed by atoms with Crippen LogP contribution in [0.15, 0.2) is 59.0 Å². The second-order valence-electron chi connectivity index (χ2n) is 5.92. The minimum Gasteiger partial charge on any atom is -0.451 e. The van der Waals surface area contributed by atoms with Crippen LogP contribution in [0.3, 0.4) is 0 Å². The van der Waals surface area contributed by atoms with Gasteiger partial charge in [0.05, 0.1) is 11.1 Å². The first-order valence-corrected chi connectivity index (χ1v) is 8.28. The number of carbonyl (C=O) groups is 1. The van der Waals surface area contributed by atoms with E-state index in [1.54, 1.807) is 24.3 Å². The number of halogens is 7. The number of hydrogen-bond acceptors (Lipinski definition) is 2. The highest BCUT2D eigenvalue weighted by molar-refractivity contribution is 6.30. The molecular weight excluding hydrogens is 424 g/mol. The van der Waals surface area contributed by atoms with Crippen LogP contribution in [0.5, 0.6) is 0 Å². The maximum Gasteiger partial charge on any atom is 0.416 e. The number of nitrogens with one attached hydrogen (secondary N) is 1. The fraction of sp³-hybridized carbons (Fsp3) is 0.105. The molecule has 0 aliphatic rings. The van der Waals surface area contributed by atoms with Crippen LogP contribution in [0.25, 0.3) is 11.3 Å². The van der Waals surface area contributed by atoms with Crippen molar-refractivity contribution < 1.29 is 35.6 Å². The number of alkyl halides is 6. The minimum atomic E-state index is -5.02. The molecule has 0 radical (unpaired) electrons. The van der Waals surface area contributed by atoms with E-state index in [2.05, 4.69) is 0 Å². The monoisotopic (exact) mass is 433 g/mol. The number of carbonyl (C=O) groups excluding carboxylic acids is 1. The van der Waals surface area contributed by atoms with E-state index in [0.29, 0.717) is 22.7 Å². The second-order valence-corrected chi connectivity index (χ2v) is 6.36. The smallest absolute Gasteiger partial charge is 0.416 e. The number of furan rings is 1. The largest absolute Gasteiger partial charge is 0.451 e. The van der Waals surface area contributed by atoms with Gasteiger partial charge in [0.15, 0.2) is 5.76 Å². The fourth-order valence-electron chi connectivity index (χ4n) is 2.45. The Morgan fingerprint density at radius 1 is 0.828 bits per heavy atom. The van der Waals surface area contributed by atoms with E-state index in [1.807, 2.05) is 5.32 Å². The molecule has 0 atom stereocenters. The zero-order valence-corrected chi connectivity index (χ0v) is 14.9. The zero-order chi connectivity index (χ0) is 21.4. The van der Waals surface area contributed by atoms with Crippen LogP contribution in [-0.4, -0.2) is 5.91 Å². The van der Waals surface area contributed by atoms with Crippen LogP contribution in [0.1, 0.15) is 21.7 Å². The first kappa shape index (κ1) is 20.8. The number of amides is 1. The van der Waals surface area contributed by atoms with Crippen molar-refractivity contribution in [2.45, 2.75) is 12.4 Å². The molecule has 1 N–H and O–H groups in total. The highest BCUT2D eigenvalue weighted by atomic mass is 35.5. The lowest BCUT2D eigenvalue weighted by molar-refractivity contribution is -0.143. The summed E-state index contributed by atoms with van der Waals surface area (Å²) in [5.74, 6) is -1.02. The van der Waals surface area contributed by atoms with Crippen LogP contribution < -0.4 is 5.32 Å². The minimum absolute atomic E-state index is 0.0266. The van der Waals surface area contributed by atoms with Gasteiger partial charge in [0.1, 0.15) is 5.76 Å². The molecule has 0 unspecified atom stereocenters. The van der Waals surface area contributed by atoms with Crippen molar-refractivity contribution in [2.75, 3.05) is 5.32 Å². The Morgan fingerprint density at radius 2 is 1.38 bits per heavy atom. The molecule has 29 heavy (non-hydrogen) atoms. The third-order valence-electron chi connectivity index (χ3n) is 3.80. The molecule has 1 aromatic heterocycles. The number of rotatable bonds is 3. The first-order chi connectivity index (χ1) is 13.4. The van der Waals surface area contributed by atoms with Crippen molar-refractivity contribution in [3.63, 3.8) is 0 Å². The van der Waals surface area contributed by atoms with Gasteiger partial charge in [-0.1, -0.05) is 11.6 Å². The third-order valence-corrected chi connectivity index (χ3v) is 4.06. The molecular formula is C19H10ClF6NO2. The molecule has 2 aromatic carbocycles. The summed E-state index contributed by atoms with van der Waals surface area (Å²) in [6.07, 6.45) is -10.0. The molecule has 152 valence electrons. The molecule has 3 aromatic rings. The summed E-state index contributed by atoms with van der Waals surface area (Å²) in [6.45, 7) is 0. The SMILES string of the molecule is O=C(Nc1cc(C(F)(F)F)cc(C(F)(F)F)c1)c1ccc(-c2ccc(Cl)cc2)o1. The lowest BCUT2D eigenvalue weighted by Crippen LogP contribution is -2.15. The molecule has 3 rings (SSSR count). The maximum atomic E-state index is 12.9. The summed E-state index contributed by atoms with van der Waals surface area (Å²) < 4.78 is 82.8. The highest BCUT2D eigenvalue weighted by Crippen LogP contribution is 2.37. The van der Waals surface area contributed by atoms with Gasteiger partial charge < -0.3 is 9.73 Å². The lowest BCUT2D eigenvalue weighted by atomic mass is 10.1. The predicted octanol–water partition coefficient (Wildman–Crippen LogP) is 6.89.